The Morgan fingerprint density at radius 2 is 2.18 bits per heavy atom. The molecular weight excluding hydrogens is 222 g/mol. The Bertz CT molecular complexity index is 318. The summed E-state index contributed by atoms with van der Waals surface area (Å²) < 4.78 is 5.54. The molecule has 2 rings (SSSR count). The number of nitrogens with one attached hydrogen (secondary N) is 1. The summed E-state index contributed by atoms with van der Waals surface area (Å²) >= 11 is 0. The van der Waals surface area contributed by atoms with Crippen LogP contribution in [-0.4, -0.2) is 36.2 Å². The maximum absolute atomic E-state index is 11.7. The predicted octanol–water partition coefficient (Wildman–Crippen LogP) is 0.638. The van der Waals surface area contributed by atoms with Crippen molar-refractivity contribution in [2.75, 3.05) is 13.2 Å². The summed E-state index contributed by atoms with van der Waals surface area (Å²) in [5, 5.41) is 11.6. The van der Waals surface area contributed by atoms with Crippen molar-refractivity contribution in [3.05, 3.63) is 0 Å². The Hall–Kier alpha value is -1.10. The van der Waals surface area contributed by atoms with E-state index >= 15 is 0 Å². The monoisotopic (exact) mass is 241 g/mol. The standard InChI is InChI=1S/C12H19NO4/c1-2-10-7(3-4-17-10)6-13-11(14)8-5-9(8)12(15)16/h7-10H,2-6H2,1H3,(H,13,14)(H,15,16). The van der Waals surface area contributed by atoms with Crippen molar-refractivity contribution in [2.45, 2.75) is 32.3 Å². The number of hydrogen-bond donors (Lipinski definition) is 2. The van der Waals surface area contributed by atoms with E-state index < -0.39 is 11.9 Å². The van der Waals surface area contributed by atoms with Crippen LogP contribution in [0.25, 0.3) is 0 Å². The molecule has 0 radical (unpaired) electrons. The molecule has 0 aromatic carbocycles. The predicted molar refractivity (Wildman–Crippen MR) is 60.4 cm³/mol. The van der Waals surface area contributed by atoms with Gasteiger partial charge in [-0.1, -0.05) is 6.92 Å². The Kier molecular flexibility index (Phi) is 3.66. The van der Waals surface area contributed by atoms with Gasteiger partial charge in [-0.25, -0.2) is 0 Å². The molecule has 0 bridgehead atoms. The number of ether oxygens (including phenoxy) is 1. The van der Waals surface area contributed by atoms with Crippen LogP contribution >= 0.6 is 0 Å². The van der Waals surface area contributed by atoms with Crippen LogP contribution in [0, 0.1) is 17.8 Å². The summed E-state index contributed by atoms with van der Waals surface area (Å²) in [4.78, 5) is 22.3. The van der Waals surface area contributed by atoms with Gasteiger partial charge in [-0.3, -0.25) is 9.59 Å². The van der Waals surface area contributed by atoms with E-state index in [2.05, 4.69) is 12.2 Å². The molecule has 96 valence electrons. The molecule has 2 fully saturated rings. The van der Waals surface area contributed by atoms with Crippen molar-refractivity contribution in [2.24, 2.45) is 17.8 Å². The fraction of sp³-hybridized carbons (Fsp3) is 0.833. The van der Waals surface area contributed by atoms with E-state index in [4.69, 9.17) is 9.84 Å². The zero-order chi connectivity index (χ0) is 12.4. The number of hydrogen-bond acceptors (Lipinski definition) is 3. The van der Waals surface area contributed by atoms with Crippen molar-refractivity contribution in [1.82, 2.24) is 5.32 Å². The highest BCUT2D eigenvalue weighted by atomic mass is 16.5. The van der Waals surface area contributed by atoms with E-state index in [9.17, 15) is 9.59 Å². The minimum absolute atomic E-state index is 0.112. The van der Waals surface area contributed by atoms with E-state index in [1.807, 2.05) is 0 Å². The van der Waals surface area contributed by atoms with Crippen LogP contribution < -0.4 is 5.32 Å². The van der Waals surface area contributed by atoms with Gasteiger partial charge < -0.3 is 15.2 Å². The highest BCUT2D eigenvalue weighted by Crippen LogP contribution is 2.38. The molecule has 5 heteroatoms. The Labute approximate surface area is 101 Å². The van der Waals surface area contributed by atoms with Gasteiger partial charge in [0.1, 0.15) is 0 Å². The van der Waals surface area contributed by atoms with Gasteiger partial charge in [0.05, 0.1) is 17.9 Å². The maximum atomic E-state index is 11.7. The SMILES string of the molecule is CCC1OCCC1CNC(=O)C1CC1C(=O)O. The zero-order valence-electron chi connectivity index (χ0n) is 10.0. The number of carboxylic acids is 1. The number of rotatable bonds is 5. The molecule has 1 heterocycles. The molecule has 1 amide bonds. The lowest BCUT2D eigenvalue weighted by molar-refractivity contribution is -0.140. The van der Waals surface area contributed by atoms with Gasteiger partial charge in [0.2, 0.25) is 5.91 Å². The Morgan fingerprint density at radius 3 is 2.76 bits per heavy atom. The van der Waals surface area contributed by atoms with Crippen molar-refractivity contribution in [3.63, 3.8) is 0 Å². The smallest absolute Gasteiger partial charge is 0.307 e. The molecule has 1 saturated carbocycles. The highest BCUT2D eigenvalue weighted by Gasteiger charge is 2.48. The van der Waals surface area contributed by atoms with Crippen LogP contribution in [0.3, 0.4) is 0 Å². The fourth-order valence-corrected chi connectivity index (χ4v) is 2.50. The van der Waals surface area contributed by atoms with E-state index in [0.717, 1.165) is 19.4 Å². The Morgan fingerprint density at radius 1 is 1.41 bits per heavy atom. The number of carboxylic acid groups (broad SMARTS) is 1. The average molecular weight is 241 g/mol. The first kappa shape index (κ1) is 12.4. The van der Waals surface area contributed by atoms with Crippen LogP contribution in [0.15, 0.2) is 0 Å². The zero-order valence-corrected chi connectivity index (χ0v) is 10.0. The molecule has 4 atom stereocenters. The molecule has 1 aliphatic heterocycles. The minimum Gasteiger partial charge on any atom is -0.481 e. The summed E-state index contributed by atoms with van der Waals surface area (Å²) in [6.45, 7) is 3.45. The number of amides is 1. The van der Waals surface area contributed by atoms with Gasteiger partial charge in [0.25, 0.3) is 0 Å². The van der Waals surface area contributed by atoms with Gasteiger partial charge in [-0.15, -0.1) is 0 Å². The third-order valence-electron chi connectivity index (χ3n) is 3.73. The van der Waals surface area contributed by atoms with Gasteiger partial charge in [-0.2, -0.15) is 0 Å². The van der Waals surface area contributed by atoms with E-state index in [0.29, 0.717) is 18.9 Å². The molecule has 0 spiro atoms. The summed E-state index contributed by atoms with van der Waals surface area (Å²) in [5.41, 5.74) is 0. The third kappa shape index (κ3) is 2.77. The molecule has 2 N–H and O–H groups in total. The second kappa shape index (κ2) is 5.04. The van der Waals surface area contributed by atoms with Crippen molar-refractivity contribution < 1.29 is 19.4 Å². The number of carbonyl (C=O) groups excluding carboxylic acids is 1. The lowest BCUT2D eigenvalue weighted by Gasteiger charge is -2.17. The maximum Gasteiger partial charge on any atom is 0.307 e. The summed E-state index contributed by atoms with van der Waals surface area (Å²) in [6, 6.07) is 0. The van der Waals surface area contributed by atoms with Crippen LogP contribution in [0.1, 0.15) is 26.2 Å². The van der Waals surface area contributed by atoms with Gasteiger partial charge in [0, 0.05) is 19.1 Å². The second-order valence-electron chi connectivity index (χ2n) is 4.90. The Balaban J connectivity index is 1.72. The van der Waals surface area contributed by atoms with Crippen LogP contribution in [0.5, 0.6) is 0 Å². The van der Waals surface area contributed by atoms with Gasteiger partial charge in [-0.05, 0) is 19.3 Å². The van der Waals surface area contributed by atoms with Crippen LogP contribution in [0.4, 0.5) is 0 Å². The molecule has 2 aliphatic rings. The lowest BCUT2D eigenvalue weighted by Crippen LogP contribution is -2.34. The molecule has 0 aromatic rings. The van der Waals surface area contributed by atoms with Crippen molar-refractivity contribution >= 4 is 11.9 Å². The van der Waals surface area contributed by atoms with E-state index in [1.54, 1.807) is 0 Å². The van der Waals surface area contributed by atoms with E-state index in [1.165, 1.54) is 0 Å². The topological polar surface area (TPSA) is 75.6 Å². The van der Waals surface area contributed by atoms with Crippen LogP contribution in [-0.2, 0) is 14.3 Å². The van der Waals surface area contributed by atoms with Gasteiger partial charge in [0.15, 0.2) is 0 Å². The van der Waals surface area contributed by atoms with Crippen LogP contribution in [0.2, 0.25) is 0 Å². The molecule has 1 saturated heterocycles. The normalized spacial score (nSPS) is 35.6. The van der Waals surface area contributed by atoms with E-state index in [-0.39, 0.29) is 17.9 Å². The first-order valence-electron chi connectivity index (χ1n) is 6.25. The molecular formula is C12H19NO4. The number of aliphatic carboxylic acids is 1. The molecule has 17 heavy (non-hydrogen) atoms. The second-order valence-corrected chi connectivity index (χ2v) is 4.90. The quantitative estimate of drug-likeness (QED) is 0.740. The number of carbonyl (C=O) groups is 2. The lowest BCUT2D eigenvalue weighted by atomic mass is 9.99. The van der Waals surface area contributed by atoms with Crippen molar-refractivity contribution in [3.8, 4) is 0 Å². The molecule has 5 nitrogen and oxygen atoms in total. The minimum atomic E-state index is -0.860. The average Bonchev–Trinajstić information content (AvgIpc) is 2.99. The summed E-state index contributed by atoms with van der Waals surface area (Å²) in [5.74, 6) is -1.36. The first-order chi connectivity index (χ1) is 8.13. The molecule has 1 aliphatic carbocycles. The van der Waals surface area contributed by atoms with Gasteiger partial charge >= 0.3 is 5.97 Å². The summed E-state index contributed by atoms with van der Waals surface area (Å²) in [7, 11) is 0. The largest absolute Gasteiger partial charge is 0.481 e. The molecule has 0 aromatic heterocycles. The fourth-order valence-electron chi connectivity index (χ4n) is 2.50. The third-order valence-corrected chi connectivity index (χ3v) is 3.73. The highest BCUT2D eigenvalue weighted by molar-refractivity contribution is 5.89. The first-order valence-corrected chi connectivity index (χ1v) is 6.25. The molecule has 4 unspecified atom stereocenters. The van der Waals surface area contributed by atoms with Crippen molar-refractivity contribution in [1.29, 1.82) is 0 Å². The summed E-state index contributed by atoms with van der Waals surface area (Å²) in [6.07, 6.45) is 2.66.